The van der Waals surface area contributed by atoms with Gasteiger partial charge in [0.1, 0.15) is 0 Å². The highest BCUT2D eigenvalue weighted by Gasteiger charge is 2.22. The summed E-state index contributed by atoms with van der Waals surface area (Å²) in [5, 5.41) is 5.08. The number of rotatable bonds is 6. The summed E-state index contributed by atoms with van der Waals surface area (Å²) in [5.41, 5.74) is 10.7. The van der Waals surface area contributed by atoms with Crippen LogP contribution in [0.1, 0.15) is 0 Å². The van der Waals surface area contributed by atoms with Crippen molar-refractivity contribution < 1.29 is 0 Å². The highest BCUT2D eigenvalue weighted by Crippen LogP contribution is 2.48. The quantitative estimate of drug-likeness (QED) is 0.177. The fourth-order valence-corrected chi connectivity index (χ4v) is 8.15. The van der Waals surface area contributed by atoms with Gasteiger partial charge < -0.3 is 4.90 Å². The van der Waals surface area contributed by atoms with Crippen molar-refractivity contribution in [3.8, 4) is 33.4 Å². The molecule has 1 aromatic heterocycles. The van der Waals surface area contributed by atoms with Crippen molar-refractivity contribution in [3.63, 3.8) is 0 Å². The number of para-hydroxylation sites is 1. The molecule has 0 spiro atoms. The minimum absolute atomic E-state index is 1.12. The largest absolute Gasteiger partial charge is 0.309 e. The number of thiophene rings is 1. The van der Waals surface area contributed by atoms with Gasteiger partial charge in [-0.3, -0.25) is 0 Å². The molecule has 0 amide bonds. The second kappa shape index (κ2) is 12.0. The molecule has 9 rings (SSSR count). The Labute approximate surface area is 284 Å². The number of benzene rings is 8. The van der Waals surface area contributed by atoms with Crippen LogP contribution in [-0.2, 0) is 0 Å². The summed E-state index contributed by atoms with van der Waals surface area (Å²) in [6.07, 6.45) is 0. The van der Waals surface area contributed by atoms with E-state index in [0.717, 1.165) is 11.4 Å². The minimum atomic E-state index is 1.12. The molecule has 48 heavy (non-hydrogen) atoms. The maximum atomic E-state index is 2.46. The monoisotopic (exact) mass is 629 g/mol. The van der Waals surface area contributed by atoms with Gasteiger partial charge in [-0.25, -0.2) is 0 Å². The molecule has 9 aromatic rings. The number of hydrogen-bond donors (Lipinski definition) is 0. The van der Waals surface area contributed by atoms with Gasteiger partial charge in [-0.05, 0) is 64.2 Å². The van der Waals surface area contributed by atoms with Crippen LogP contribution in [0.25, 0.3) is 64.3 Å². The molecule has 2 heteroatoms. The standard InChI is InChI=1S/C46H31NS/c1-4-14-32(15-5-1)34-24-27-37(28-25-34)47(43-23-13-12-20-38(43)35-18-8-3-9-19-35)44-31-42-41-30-36(33-16-6-2-7-17-33)26-29-45(41)48-46(42)40-22-11-10-21-39(40)44/h1-31H. The van der Waals surface area contributed by atoms with E-state index in [1.165, 1.54) is 70.0 Å². The molecule has 0 bridgehead atoms. The van der Waals surface area contributed by atoms with Gasteiger partial charge in [0.25, 0.3) is 0 Å². The van der Waals surface area contributed by atoms with Crippen molar-refractivity contribution in [1.82, 2.24) is 0 Å². The van der Waals surface area contributed by atoms with Crippen LogP contribution >= 0.6 is 11.3 Å². The summed E-state index contributed by atoms with van der Waals surface area (Å²) in [6, 6.07) is 68.1. The fraction of sp³-hybridized carbons (Fsp3) is 0. The third-order valence-corrected chi connectivity index (χ3v) is 10.5. The van der Waals surface area contributed by atoms with Crippen molar-refractivity contribution >= 4 is 59.3 Å². The lowest BCUT2D eigenvalue weighted by Crippen LogP contribution is -2.11. The Morgan fingerprint density at radius 3 is 1.58 bits per heavy atom. The third kappa shape index (κ3) is 4.95. The SMILES string of the molecule is c1ccc(-c2ccc(N(c3ccccc3-c3ccccc3)c3cc4c5cc(-c6ccccc6)ccc5sc4c4ccccc34)cc2)cc1. The molecule has 0 unspecified atom stereocenters. The Hall–Kier alpha value is -5.96. The van der Waals surface area contributed by atoms with E-state index in [1.54, 1.807) is 0 Å². The average molecular weight is 630 g/mol. The van der Waals surface area contributed by atoms with Gasteiger partial charge in [0, 0.05) is 42.2 Å². The van der Waals surface area contributed by atoms with E-state index >= 15 is 0 Å². The van der Waals surface area contributed by atoms with Gasteiger partial charge in [-0.15, -0.1) is 11.3 Å². The molecule has 0 aliphatic heterocycles. The Morgan fingerprint density at radius 2 is 0.875 bits per heavy atom. The lowest BCUT2D eigenvalue weighted by molar-refractivity contribution is 1.30. The van der Waals surface area contributed by atoms with E-state index in [-0.39, 0.29) is 0 Å². The Bertz CT molecular complexity index is 2530. The maximum Gasteiger partial charge on any atom is 0.0547 e. The van der Waals surface area contributed by atoms with E-state index in [9.17, 15) is 0 Å². The van der Waals surface area contributed by atoms with Gasteiger partial charge in [0.15, 0.2) is 0 Å². The van der Waals surface area contributed by atoms with Crippen LogP contribution in [0.4, 0.5) is 17.1 Å². The summed E-state index contributed by atoms with van der Waals surface area (Å²) in [4.78, 5) is 2.46. The fourth-order valence-electron chi connectivity index (χ4n) is 6.95. The van der Waals surface area contributed by atoms with Crippen LogP contribution in [0, 0.1) is 0 Å². The Kier molecular flexibility index (Phi) is 7.07. The summed E-state index contributed by atoms with van der Waals surface area (Å²) < 4.78 is 2.63. The van der Waals surface area contributed by atoms with Gasteiger partial charge >= 0.3 is 0 Å². The first-order chi connectivity index (χ1) is 23.8. The van der Waals surface area contributed by atoms with Crippen molar-refractivity contribution in [2.75, 3.05) is 4.90 Å². The smallest absolute Gasteiger partial charge is 0.0547 e. The van der Waals surface area contributed by atoms with E-state index in [1.807, 2.05) is 11.3 Å². The number of hydrogen-bond acceptors (Lipinski definition) is 2. The van der Waals surface area contributed by atoms with Crippen molar-refractivity contribution in [3.05, 3.63) is 188 Å². The molecule has 0 aliphatic carbocycles. The molecule has 0 radical (unpaired) electrons. The number of anilines is 3. The van der Waals surface area contributed by atoms with Crippen molar-refractivity contribution in [1.29, 1.82) is 0 Å². The first-order valence-electron chi connectivity index (χ1n) is 16.4. The maximum absolute atomic E-state index is 2.46. The Balaban J connectivity index is 1.33. The molecule has 1 heterocycles. The molecule has 1 nitrogen and oxygen atoms in total. The molecule has 0 fully saturated rings. The van der Waals surface area contributed by atoms with Gasteiger partial charge in [0.2, 0.25) is 0 Å². The number of nitrogens with zero attached hydrogens (tertiary/aromatic N) is 1. The molecule has 0 aliphatic rings. The van der Waals surface area contributed by atoms with Gasteiger partial charge in [-0.1, -0.05) is 152 Å². The predicted molar refractivity (Wildman–Crippen MR) is 208 cm³/mol. The van der Waals surface area contributed by atoms with Crippen LogP contribution in [-0.4, -0.2) is 0 Å². The first-order valence-corrected chi connectivity index (χ1v) is 17.2. The third-order valence-electron chi connectivity index (χ3n) is 9.27. The molecule has 0 atom stereocenters. The van der Waals surface area contributed by atoms with Crippen molar-refractivity contribution in [2.24, 2.45) is 0 Å². The van der Waals surface area contributed by atoms with Crippen LogP contribution in [0.5, 0.6) is 0 Å². The molecule has 0 N–H and O–H groups in total. The van der Waals surface area contributed by atoms with Gasteiger partial charge in [0.05, 0.1) is 11.4 Å². The first kappa shape index (κ1) is 28.3. The number of fused-ring (bicyclic) bond motifs is 5. The summed E-state index contributed by atoms with van der Waals surface area (Å²) in [6.45, 7) is 0. The molecule has 226 valence electrons. The predicted octanol–water partition coefficient (Wildman–Crippen LogP) is 13.7. The zero-order valence-electron chi connectivity index (χ0n) is 26.3. The second-order valence-corrected chi connectivity index (χ2v) is 13.2. The molecule has 0 saturated heterocycles. The van der Waals surface area contributed by atoms with Crippen LogP contribution < -0.4 is 4.90 Å². The molecule has 8 aromatic carbocycles. The van der Waals surface area contributed by atoms with E-state index < -0.39 is 0 Å². The minimum Gasteiger partial charge on any atom is -0.309 e. The van der Waals surface area contributed by atoms with E-state index in [0.29, 0.717) is 0 Å². The zero-order valence-corrected chi connectivity index (χ0v) is 27.1. The summed E-state index contributed by atoms with van der Waals surface area (Å²) >= 11 is 1.89. The molecule has 0 saturated carbocycles. The highest BCUT2D eigenvalue weighted by atomic mass is 32.1. The summed E-state index contributed by atoms with van der Waals surface area (Å²) in [5.74, 6) is 0. The molecular formula is C46H31NS. The van der Waals surface area contributed by atoms with Gasteiger partial charge in [-0.2, -0.15) is 0 Å². The van der Waals surface area contributed by atoms with E-state index in [4.69, 9.17) is 0 Å². The van der Waals surface area contributed by atoms with Crippen LogP contribution in [0.3, 0.4) is 0 Å². The highest BCUT2D eigenvalue weighted by molar-refractivity contribution is 7.26. The zero-order chi connectivity index (χ0) is 31.9. The normalized spacial score (nSPS) is 11.3. The summed E-state index contributed by atoms with van der Waals surface area (Å²) in [7, 11) is 0. The lowest BCUT2D eigenvalue weighted by atomic mass is 9.98. The Morgan fingerprint density at radius 1 is 0.333 bits per heavy atom. The topological polar surface area (TPSA) is 3.24 Å². The average Bonchev–Trinajstić information content (AvgIpc) is 3.55. The van der Waals surface area contributed by atoms with Crippen molar-refractivity contribution in [2.45, 2.75) is 0 Å². The van der Waals surface area contributed by atoms with Crippen LogP contribution in [0.15, 0.2) is 188 Å². The lowest BCUT2D eigenvalue weighted by Gasteiger charge is -2.29. The molecular weight excluding hydrogens is 599 g/mol. The van der Waals surface area contributed by atoms with Crippen LogP contribution in [0.2, 0.25) is 0 Å². The van der Waals surface area contributed by atoms with E-state index in [2.05, 4.69) is 193 Å². The second-order valence-electron chi connectivity index (χ2n) is 12.1.